The third-order valence-corrected chi connectivity index (χ3v) is 5.60. The van der Waals surface area contributed by atoms with Crippen LogP contribution in [0.5, 0.6) is 0 Å². The van der Waals surface area contributed by atoms with Crippen LogP contribution in [-0.4, -0.2) is 37.1 Å². The summed E-state index contributed by atoms with van der Waals surface area (Å²) in [6.45, 7) is 2.86. The second kappa shape index (κ2) is 8.98. The number of hydrogen-bond donors (Lipinski definition) is 1. The minimum atomic E-state index is -0.443. The van der Waals surface area contributed by atoms with Gasteiger partial charge in [0.15, 0.2) is 5.76 Å². The number of ether oxygens (including phenoxy) is 1. The highest BCUT2D eigenvalue weighted by atomic mass is 16.5. The Bertz CT molecular complexity index is 1170. The van der Waals surface area contributed by atoms with E-state index in [2.05, 4.69) is 16.4 Å². The van der Waals surface area contributed by atoms with Crippen molar-refractivity contribution < 1.29 is 23.2 Å². The number of carbonyl (C=O) groups excluding carboxylic acids is 2. The number of rotatable bonds is 5. The first-order valence-electron chi connectivity index (χ1n) is 10.2. The molecule has 164 valence electrons. The van der Waals surface area contributed by atoms with Gasteiger partial charge in [0, 0.05) is 24.7 Å². The Balaban J connectivity index is 1.42. The first-order chi connectivity index (χ1) is 15.5. The molecule has 1 aliphatic heterocycles. The Kier molecular flexibility index (Phi) is 5.94. The molecule has 9 nitrogen and oxygen atoms in total. The molecule has 3 aromatic rings. The summed E-state index contributed by atoms with van der Waals surface area (Å²) >= 11 is 0. The zero-order valence-electron chi connectivity index (χ0n) is 17.8. The molecular formula is C23H22N4O5. The summed E-state index contributed by atoms with van der Waals surface area (Å²) in [6.07, 6.45) is 2.68. The number of methoxy groups -OCH3 is 1. The Morgan fingerprint density at radius 1 is 1.25 bits per heavy atom. The van der Waals surface area contributed by atoms with Crippen molar-refractivity contribution >= 4 is 23.4 Å². The van der Waals surface area contributed by atoms with E-state index in [1.807, 2.05) is 4.90 Å². The maximum atomic E-state index is 12.8. The molecule has 9 heteroatoms. The summed E-state index contributed by atoms with van der Waals surface area (Å²) in [4.78, 5) is 30.9. The van der Waals surface area contributed by atoms with Crippen LogP contribution >= 0.6 is 0 Å². The zero-order valence-corrected chi connectivity index (χ0v) is 17.8. The quantitative estimate of drug-likeness (QED) is 0.603. The van der Waals surface area contributed by atoms with Gasteiger partial charge in [0.05, 0.1) is 18.9 Å². The van der Waals surface area contributed by atoms with Gasteiger partial charge in [-0.2, -0.15) is 10.2 Å². The molecule has 2 aromatic heterocycles. The average Bonchev–Trinajstić information content (AvgIpc) is 3.50. The molecule has 32 heavy (non-hydrogen) atoms. The number of piperidine rings is 1. The fourth-order valence-electron chi connectivity index (χ4n) is 3.79. The molecule has 0 unspecified atom stereocenters. The van der Waals surface area contributed by atoms with Crippen molar-refractivity contribution in [3.63, 3.8) is 0 Å². The smallest absolute Gasteiger partial charge is 0.338 e. The van der Waals surface area contributed by atoms with Crippen molar-refractivity contribution in [1.82, 2.24) is 4.98 Å². The number of hydrogen-bond acceptors (Lipinski definition) is 8. The number of carbonyl (C=O) groups is 2. The Morgan fingerprint density at radius 2 is 2.03 bits per heavy atom. The molecule has 0 bridgehead atoms. The van der Waals surface area contributed by atoms with Crippen LogP contribution in [0.15, 0.2) is 45.4 Å². The lowest BCUT2D eigenvalue weighted by atomic mass is 9.95. The fourth-order valence-corrected chi connectivity index (χ4v) is 3.79. The number of oxazole rings is 1. The zero-order chi connectivity index (χ0) is 22.7. The molecule has 1 saturated heterocycles. The molecule has 0 radical (unpaired) electrons. The van der Waals surface area contributed by atoms with Gasteiger partial charge in [0.2, 0.25) is 17.5 Å². The van der Waals surface area contributed by atoms with E-state index < -0.39 is 5.97 Å². The van der Waals surface area contributed by atoms with E-state index in [9.17, 15) is 14.9 Å². The Hall–Kier alpha value is -4.06. The molecule has 0 saturated carbocycles. The lowest BCUT2D eigenvalue weighted by Crippen LogP contribution is -2.38. The van der Waals surface area contributed by atoms with Gasteiger partial charge < -0.3 is 23.8 Å². The molecule has 0 aliphatic carbocycles. The van der Waals surface area contributed by atoms with Crippen LogP contribution in [0, 0.1) is 24.2 Å². The molecule has 1 aliphatic rings. The number of aromatic nitrogens is 1. The van der Waals surface area contributed by atoms with Gasteiger partial charge in [-0.1, -0.05) is 6.07 Å². The molecule has 3 heterocycles. The monoisotopic (exact) mass is 434 g/mol. The van der Waals surface area contributed by atoms with Crippen LogP contribution < -0.4 is 10.2 Å². The minimum absolute atomic E-state index is 0.107. The summed E-state index contributed by atoms with van der Waals surface area (Å²) in [5.74, 6) is 0.337. The number of anilines is 2. The molecular weight excluding hydrogens is 412 g/mol. The number of nitrogens with zero attached hydrogens (tertiary/aromatic N) is 3. The highest BCUT2D eigenvalue weighted by molar-refractivity contribution is 5.97. The third kappa shape index (κ3) is 4.07. The molecule has 1 amide bonds. The fraction of sp³-hybridized carbons (Fsp3) is 0.304. The maximum absolute atomic E-state index is 12.8. The maximum Gasteiger partial charge on any atom is 0.338 e. The second-order valence-electron chi connectivity index (χ2n) is 7.48. The van der Waals surface area contributed by atoms with Gasteiger partial charge >= 0.3 is 5.97 Å². The molecule has 1 aromatic carbocycles. The van der Waals surface area contributed by atoms with E-state index >= 15 is 0 Å². The van der Waals surface area contributed by atoms with Crippen molar-refractivity contribution in [2.45, 2.75) is 19.8 Å². The highest BCUT2D eigenvalue weighted by Gasteiger charge is 2.29. The van der Waals surface area contributed by atoms with Crippen molar-refractivity contribution in [3.8, 4) is 17.7 Å². The lowest BCUT2D eigenvalue weighted by Gasteiger charge is -2.31. The Morgan fingerprint density at radius 3 is 2.69 bits per heavy atom. The Labute approximate surface area is 184 Å². The summed E-state index contributed by atoms with van der Waals surface area (Å²) in [7, 11) is 1.32. The summed E-state index contributed by atoms with van der Waals surface area (Å²) in [5.41, 5.74) is 1.86. The van der Waals surface area contributed by atoms with Gasteiger partial charge in [-0.05, 0) is 49.6 Å². The normalized spacial score (nSPS) is 14.1. The van der Waals surface area contributed by atoms with Crippen molar-refractivity contribution in [3.05, 3.63) is 53.4 Å². The average molecular weight is 434 g/mol. The number of nitriles is 1. The van der Waals surface area contributed by atoms with Crippen molar-refractivity contribution in [2.75, 3.05) is 30.4 Å². The van der Waals surface area contributed by atoms with Crippen LogP contribution in [0.2, 0.25) is 0 Å². The van der Waals surface area contributed by atoms with Gasteiger partial charge in [-0.3, -0.25) is 4.79 Å². The molecule has 0 spiro atoms. The molecule has 1 N–H and O–H groups in total. The first-order valence-corrected chi connectivity index (χ1v) is 10.2. The standard InChI is InChI=1S/C23H22N4O5/c1-14-16(23(29)30-2)5-3-6-17(14)25-20(28)15-8-10-27(11-9-15)22-18(13-24)26-21(32-22)19-7-4-12-31-19/h3-7,12,15H,8-11H2,1-2H3,(H,25,28). The van der Waals surface area contributed by atoms with E-state index in [-0.39, 0.29) is 23.4 Å². The number of furan rings is 1. The van der Waals surface area contributed by atoms with Crippen LogP contribution in [0.1, 0.15) is 34.5 Å². The predicted molar refractivity (Wildman–Crippen MR) is 115 cm³/mol. The van der Waals surface area contributed by atoms with E-state index in [0.29, 0.717) is 54.4 Å². The van der Waals surface area contributed by atoms with Gasteiger partial charge in [0.25, 0.3) is 5.89 Å². The van der Waals surface area contributed by atoms with E-state index in [4.69, 9.17) is 13.6 Å². The van der Waals surface area contributed by atoms with Crippen LogP contribution in [0.25, 0.3) is 11.7 Å². The van der Waals surface area contributed by atoms with Gasteiger partial charge in [0.1, 0.15) is 6.07 Å². The van der Waals surface area contributed by atoms with Gasteiger partial charge in [-0.15, -0.1) is 0 Å². The van der Waals surface area contributed by atoms with E-state index in [0.717, 1.165) is 0 Å². The second-order valence-corrected chi connectivity index (χ2v) is 7.48. The van der Waals surface area contributed by atoms with Crippen LogP contribution in [-0.2, 0) is 9.53 Å². The summed E-state index contributed by atoms with van der Waals surface area (Å²) < 4.78 is 15.9. The SMILES string of the molecule is COC(=O)c1cccc(NC(=O)C2CCN(c3oc(-c4ccco4)nc3C#N)CC2)c1C. The molecule has 0 atom stereocenters. The first kappa shape index (κ1) is 21.2. The van der Waals surface area contributed by atoms with E-state index in [1.54, 1.807) is 37.3 Å². The predicted octanol–water partition coefficient (Wildman–Crippen LogP) is 3.76. The number of esters is 1. The van der Waals surface area contributed by atoms with Crippen LogP contribution in [0.3, 0.4) is 0 Å². The highest BCUT2D eigenvalue weighted by Crippen LogP contribution is 2.31. The topological polar surface area (TPSA) is 122 Å². The number of amides is 1. The van der Waals surface area contributed by atoms with Gasteiger partial charge in [-0.25, -0.2) is 4.79 Å². The largest absolute Gasteiger partial charge is 0.465 e. The summed E-state index contributed by atoms with van der Waals surface area (Å²) in [6, 6.07) is 10.6. The number of nitrogens with one attached hydrogen (secondary N) is 1. The third-order valence-electron chi connectivity index (χ3n) is 5.60. The lowest BCUT2D eigenvalue weighted by molar-refractivity contribution is -0.120. The van der Waals surface area contributed by atoms with E-state index in [1.165, 1.54) is 13.4 Å². The molecule has 4 rings (SSSR count). The molecule has 1 fully saturated rings. The van der Waals surface area contributed by atoms with Crippen molar-refractivity contribution in [2.24, 2.45) is 5.92 Å². The number of benzene rings is 1. The summed E-state index contributed by atoms with van der Waals surface area (Å²) in [5, 5.41) is 12.4. The minimum Gasteiger partial charge on any atom is -0.465 e. The van der Waals surface area contributed by atoms with Crippen LogP contribution in [0.4, 0.5) is 11.6 Å². The van der Waals surface area contributed by atoms with Crippen molar-refractivity contribution in [1.29, 1.82) is 5.26 Å².